The van der Waals surface area contributed by atoms with Gasteiger partial charge in [-0.1, -0.05) is 97.1 Å². The summed E-state index contributed by atoms with van der Waals surface area (Å²) in [4.78, 5) is 50.9. The summed E-state index contributed by atoms with van der Waals surface area (Å²) in [6, 6.07) is 32.6. The summed E-state index contributed by atoms with van der Waals surface area (Å²) in [5.74, 6) is -0.465. The Bertz CT molecular complexity index is 1930. The van der Waals surface area contributed by atoms with Gasteiger partial charge in [-0.2, -0.15) is 5.06 Å². The van der Waals surface area contributed by atoms with E-state index in [2.05, 4.69) is 5.32 Å². The summed E-state index contributed by atoms with van der Waals surface area (Å²) in [5, 5.41) is 18.3. The van der Waals surface area contributed by atoms with E-state index in [-0.39, 0.29) is 43.7 Å². The molecule has 46 heavy (non-hydrogen) atoms. The smallest absolute Gasteiger partial charge is 0.343 e. The molecule has 7 rings (SSSR count). The molecule has 0 aromatic heterocycles. The molecule has 0 spiro atoms. The Morgan fingerprint density at radius 1 is 0.826 bits per heavy atom. The molecule has 9 heteroatoms. The van der Waals surface area contributed by atoms with Crippen molar-refractivity contribution < 1.29 is 24.3 Å². The molecule has 2 heterocycles. The van der Waals surface area contributed by atoms with Crippen molar-refractivity contribution >= 4 is 39.4 Å². The van der Waals surface area contributed by atoms with Crippen LogP contribution in [0.25, 0.3) is 21.5 Å². The molecular weight excluding hydrogens is 580 g/mol. The number of carbonyl (C=O) groups is 3. The van der Waals surface area contributed by atoms with Crippen molar-refractivity contribution in [2.24, 2.45) is 0 Å². The van der Waals surface area contributed by atoms with Crippen molar-refractivity contribution in [3.05, 3.63) is 126 Å². The van der Waals surface area contributed by atoms with Gasteiger partial charge in [0.15, 0.2) is 12.8 Å². The first-order valence-electron chi connectivity index (χ1n) is 15.4. The molecule has 2 aliphatic heterocycles. The molecule has 4 amide bonds. The summed E-state index contributed by atoms with van der Waals surface area (Å²) in [5.41, 5.74) is 2.69. The molecule has 5 aromatic carbocycles. The van der Waals surface area contributed by atoms with Gasteiger partial charge in [-0.3, -0.25) is 14.4 Å². The molecule has 2 fully saturated rings. The van der Waals surface area contributed by atoms with Crippen LogP contribution < -0.4 is 5.32 Å². The number of phenols is 1. The number of nitrogens with zero attached hydrogens (tertiary/aromatic N) is 3. The van der Waals surface area contributed by atoms with Crippen LogP contribution in [0.2, 0.25) is 0 Å². The van der Waals surface area contributed by atoms with E-state index in [1.54, 1.807) is 29.2 Å². The number of hydrogen-bond donors (Lipinski definition) is 2. The number of carbonyl (C=O) groups excluding carboxylic acids is 3. The zero-order valence-electron chi connectivity index (χ0n) is 25.4. The Morgan fingerprint density at radius 2 is 1.43 bits per heavy atom. The zero-order chi connectivity index (χ0) is 31.8. The van der Waals surface area contributed by atoms with E-state index < -0.39 is 24.3 Å². The molecule has 0 saturated carbocycles. The van der Waals surface area contributed by atoms with Crippen LogP contribution >= 0.6 is 0 Å². The van der Waals surface area contributed by atoms with Gasteiger partial charge in [0.05, 0.1) is 6.04 Å². The maximum absolute atomic E-state index is 14.4. The van der Waals surface area contributed by atoms with E-state index in [9.17, 15) is 19.5 Å². The fraction of sp³-hybridized carbons (Fsp3) is 0.216. The zero-order valence-corrected chi connectivity index (χ0v) is 25.4. The number of hydroxylamine groups is 2. The molecule has 2 N–H and O–H groups in total. The third kappa shape index (κ3) is 5.39. The number of fused-ring (bicyclic) bond motifs is 3. The molecule has 0 aliphatic carbocycles. The Labute approximate surface area is 266 Å². The van der Waals surface area contributed by atoms with Crippen molar-refractivity contribution in [2.75, 3.05) is 6.61 Å². The average Bonchev–Trinajstić information content (AvgIpc) is 3.08. The Hall–Kier alpha value is -5.41. The first kappa shape index (κ1) is 29.3. The number of piperazine rings is 1. The van der Waals surface area contributed by atoms with Gasteiger partial charge in [-0.15, -0.1) is 0 Å². The third-order valence-corrected chi connectivity index (χ3v) is 9.06. The molecule has 0 radical (unpaired) electrons. The minimum Gasteiger partial charge on any atom is -0.508 e. The lowest BCUT2D eigenvalue weighted by molar-refractivity contribution is -0.245. The monoisotopic (exact) mass is 614 g/mol. The summed E-state index contributed by atoms with van der Waals surface area (Å²) in [7, 11) is 0. The highest BCUT2D eigenvalue weighted by atomic mass is 16.7. The predicted molar refractivity (Wildman–Crippen MR) is 174 cm³/mol. The standard InChI is InChI=1S/C37H34N4O5/c1-24-35-40(34(43)23-46-41(35)37(45)38-21-28-12-6-10-26-8-2-4-14-31(26)28)33(20-25-16-18-30(42)19-17-25)36(44)39(24)22-29-13-7-11-27-9-3-5-15-32(27)29/h2-19,24,33,35,42H,20-23H2,1H3,(H,38,45)/t24-,33-,35-/m0/s1. The second kappa shape index (κ2) is 12.2. The second-order valence-electron chi connectivity index (χ2n) is 11.8. The number of rotatable bonds is 6. The second-order valence-corrected chi connectivity index (χ2v) is 11.8. The van der Waals surface area contributed by atoms with Gasteiger partial charge in [0.2, 0.25) is 5.91 Å². The molecule has 0 unspecified atom stereocenters. The van der Waals surface area contributed by atoms with Crippen molar-refractivity contribution in [3.8, 4) is 5.75 Å². The number of nitrogens with one attached hydrogen (secondary N) is 1. The number of benzene rings is 5. The van der Waals surface area contributed by atoms with E-state index in [4.69, 9.17) is 4.84 Å². The van der Waals surface area contributed by atoms with E-state index in [1.807, 2.05) is 91.9 Å². The Morgan fingerprint density at radius 3 is 2.13 bits per heavy atom. The Kier molecular flexibility index (Phi) is 7.76. The van der Waals surface area contributed by atoms with Crippen LogP contribution in [-0.2, 0) is 33.9 Å². The number of hydrogen-bond acceptors (Lipinski definition) is 5. The van der Waals surface area contributed by atoms with E-state index >= 15 is 0 Å². The quantitative estimate of drug-likeness (QED) is 0.269. The number of phenolic OH excluding ortho intramolecular Hbond substituents is 1. The fourth-order valence-corrected chi connectivity index (χ4v) is 6.75. The first-order valence-corrected chi connectivity index (χ1v) is 15.4. The molecular formula is C37H34N4O5. The molecule has 5 aromatic rings. The van der Waals surface area contributed by atoms with E-state index in [1.165, 1.54) is 9.96 Å². The predicted octanol–water partition coefficient (Wildman–Crippen LogP) is 5.35. The largest absolute Gasteiger partial charge is 0.508 e. The maximum Gasteiger partial charge on any atom is 0.343 e. The van der Waals surface area contributed by atoms with Crippen LogP contribution in [0.1, 0.15) is 23.6 Å². The Balaban J connectivity index is 1.22. The highest BCUT2D eigenvalue weighted by molar-refractivity contribution is 5.92. The topological polar surface area (TPSA) is 102 Å². The van der Waals surface area contributed by atoms with Gasteiger partial charge in [-0.25, -0.2) is 4.79 Å². The van der Waals surface area contributed by atoms with Crippen LogP contribution in [-0.4, -0.2) is 62.7 Å². The number of aromatic hydroxyl groups is 1. The normalized spacial score (nSPS) is 19.8. The molecule has 232 valence electrons. The average molecular weight is 615 g/mol. The lowest BCUT2D eigenvalue weighted by Crippen LogP contribution is -2.75. The fourth-order valence-electron chi connectivity index (χ4n) is 6.75. The van der Waals surface area contributed by atoms with E-state index in [0.717, 1.165) is 38.2 Å². The summed E-state index contributed by atoms with van der Waals surface area (Å²) in [6.07, 6.45) is -0.658. The molecule has 9 nitrogen and oxygen atoms in total. The van der Waals surface area contributed by atoms with Gasteiger partial charge in [0.25, 0.3) is 5.91 Å². The van der Waals surface area contributed by atoms with Crippen LogP contribution in [0.4, 0.5) is 4.79 Å². The molecule has 2 aliphatic rings. The van der Waals surface area contributed by atoms with Crippen molar-refractivity contribution in [2.45, 2.75) is 44.7 Å². The lowest BCUT2D eigenvalue weighted by atomic mass is 9.94. The molecule has 3 atom stereocenters. The highest BCUT2D eigenvalue weighted by Gasteiger charge is 2.53. The third-order valence-electron chi connectivity index (χ3n) is 9.06. The first-order chi connectivity index (χ1) is 22.4. The lowest BCUT2D eigenvalue weighted by Gasteiger charge is -2.54. The van der Waals surface area contributed by atoms with Crippen molar-refractivity contribution in [3.63, 3.8) is 0 Å². The maximum atomic E-state index is 14.4. The highest BCUT2D eigenvalue weighted by Crippen LogP contribution is 2.33. The van der Waals surface area contributed by atoms with Crippen molar-refractivity contribution in [1.29, 1.82) is 0 Å². The van der Waals surface area contributed by atoms with Gasteiger partial charge in [0.1, 0.15) is 11.8 Å². The van der Waals surface area contributed by atoms with Gasteiger partial charge in [0, 0.05) is 19.5 Å². The summed E-state index contributed by atoms with van der Waals surface area (Å²) < 4.78 is 0. The van der Waals surface area contributed by atoms with Crippen LogP contribution in [0.3, 0.4) is 0 Å². The molecule has 0 bridgehead atoms. The van der Waals surface area contributed by atoms with Crippen molar-refractivity contribution in [1.82, 2.24) is 20.2 Å². The number of urea groups is 1. The summed E-state index contributed by atoms with van der Waals surface area (Å²) in [6.45, 7) is 2.03. The minimum absolute atomic E-state index is 0.110. The summed E-state index contributed by atoms with van der Waals surface area (Å²) >= 11 is 0. The molecule has 2 saturated heterocycles. The van der Waals surface area contributed by atoms with E-state index in [0.29, 0.717) is 0 Å². The van der Waals surface area contributed by atoms with Crippen LogP contribution in [0, 0.1) is 0 Å². The minimum atomic E-state index is -0.884. The van der Waals surface area contributed by atoms with Gasteiger partial charge < -0.3 is 20.2 Å². The van der Waals surface area contributed by atoms with Crippen LogP contribution in [0.15, 0.2) is 109 Å². The van der Waals surface area contributed by atoms with Gasteiger partial charge >= 0.3 is 6.03 Å². The van der Waals surface area contributed by atoms with Gasteiger partial charge in [-0.05, 0) is 57.3 Å². The number of amides is 4. The van der Waals surface area contributed by atoms with Crippen LogP contribution in [0.5, 0.6) is 5.75 Å². The SMILES string of the molecule is C[C@H]1[C@@H]2N(C(=O)NCc3cccc4ccccc34)OCC(=O)N2[C@@H](Cc2ccc(O)cc2)C(=O)N1Cc1cccc2ccccc12.